The van der Waals surface area contributed by atoms with Crippen LogP contribution in [0.15, 0.2) is 42.5 Å². The maximum Gasteiger partial charge on any atom is 0.573 e. The molecule has 170 valence electrons. The van der Waals surface area contributed by atoms with Gasteiger partial charge >= 0.3 is 12.3 Å². The third-order valence-corrected chi connectivity index (χ3v) is 5.29. The zero-order valence-corrected chi connectivity index (χ0v) is 18.5. The van der Waals surface area contributed by atoms with Crippen LogP contribution in [0, 0.1) is 6.92 Å². The number of halogens is 3. The first-order valence-corrected chi connectivity index (χ1v) is 9.93. The van der Waals surface area contributed by atoms with Crippen LogP contribution in [0.1, 0.15) is 48.0 Å². The minimum atomic E-state index is -4.81. The molecule has 0 saturated carbocycles. The normalized spacial score (nSPS) is 12.1. The molecule has 0 radical (unpaired) electrons. The van der Waals surface area contributed by atoms with Gasteiger partial charge < -0.3 is 9.47 Å². The lowest BCUT2D eigenvalue weighted by molar-refractivity contribution is -0.274. The second kappa shape index (κ2) is 8.33. The highest BCUT2D eigenvalue weighted by molar-refractivity contribution is 6.04. The number of aromatic nitrogens is 1. The molecule has 3 aromatic rings. The van der Waals surface area contributed by atoms with Crippen LogP contribution in [0.4, 0.5) is 13.2 Å². The number of alkyl halides is 3. The van der Waals surface area contributed by atoms with E-state index in [4.69, 9.17) is 4.74 Å². The molecule has 0 unspecified atom stereocenters. The van der Waals surface area contributed by atoms with E-state index in [-0.39, 0.29) is 17.4 Å². The van der Waals surface area contributed by atoms with Crippen molar-refractivity contribution < 1.29 is 32.2 Å². The van der Waals surface area contributed by atoms with Gasteiger partial charge in [-0.1, -0.05) is 26.8 Å². The molecule has 8 heteroatoms. The predicted molar refractivity (Wildman–Crippen MR) is 114 cm³/mol. The molecule has 5 nitrogen and oxygen atoms in total. The molecule has 0 bridgehead atoms. The van der Waals surface area contributed by atoms with Gasteiger partial charge in [-0.25, -0.2) is 0 Å². The standard InChI is InChI=1S/C24H24F3NO4/c1-14-18(13-21(29)31-5)19-12-16(23(2,3)4)8-11-20(19)28(14)22(30)15-6-9-17(10-7-15)32-24(25,26)27/h6-12H,13H2,1-5H3. The van der Waals surface area contributed by atoms with Crippen LogP contribution in [0.25, 0.3) is 10.9 Å². The summed E-state index contributed by atoms with van der Waals surface area (Å²) in [6.45, 7) is 7.92. The number of carbonyl (C=O) groups excluding carboxylic acids is 2. The van der Waals surface area contributed by atoms with Crippen LogP contribution in [-0.2, 0) is 21.4 Å². The molecule has 0 fully saturated rings. The topological polar surface area (TPSA) is 57.5 Å². The van der Waals surface area contributed by atoms with Gasteiger partial charge in [-0.05, 0) is 59.9 Å². The molecule has 3 rings (SSSR count). The van der Waals surface area contributed by atoms with Gasteiger partial charge in [-0.2, -0.15) is 0 Å². The van der Waals surface area contributed by atoms with Crippen LogP contribution in [0.5, 0.6) is 5.75 Å². The average Bonchev–Trinajstić information content (AvgIpc) is 2.97. The first-order valence-electron chi connectivity index (χ1n) is 9.93. The SMILES string of the molecule is COC(=O)Cc1c(C)n(C(=O)c2ccc(OC(F)(F)F)cc2)c2ccc(C(C)(C)C)cc12. The molecule has 0 aliphatic carbocycles. The maximum atomic E-state index is 13.3. The molecular formula is C24H24F3NO4. The van der Waals surface area contributed by atoms with Crippen molar-refractivity contribution in [3.05, 3.63) is 64.8 Å². The molecule has 0 N–H and O–H groups in total. The van der Waals surface area contributed by atoms with Crippen molar-refractivity contribution in [3.8, 4) is 5.75 Å². The fourth-order valence-corrected chi connectivity index (χ4v) is 3.58. The van der Waals surface area contributed by atoms with Crippen molar-refractivity contribution in [2.75, 3.05) is 7.11 Å². The number of nitrogens with zero attached hydrogens (tertiary/aromatic N) is 1. The summed E-state index contributed by atoms with van der Waals surface area (Å²) in [6, 6.07) is 10.4. The third kappa shape index (κ3) is 4.79. The number of rotatable bonds is 4. The Balaban J connectivity index is 2.12. The van der Waals surface area contributed by atoms with Crippen molar-refractivity contribution >= 4 is 22.8 Å². The van der Waals surface area contributed by atoms with E-state index >= 15 is 0 Å². The Morgan fingerprint density at radius 2 is 1.62 bits per heavy atom. The third-order valence-electron chi connectivity index (χ3n) is 5.29. The van der Waals surface area contributed by atoms with Gasteiger partial charge in [0.2, 0.25) is 0 Å². The summed E-state index contributed by atoms with van der Waals surface area (Å²) < 4.78 is 47.4. The van der Waals surface area contributed by atoms with E-state index in [0.717, 1.165) is 23.1 Å². The highest BCUT2D eigenvalue weighted by atomic mass is 19.4. The van der Waals surface area contributed by atoms with Crippen LogP contribution >= 0.6 is 0 Å². The quantitative estimate of drug-likeness (QED) is 0.492. The molecule has 0 aliphatic rings. The molecule has 32 heavy (non-hydrogen) atoms. The van der Waals surface area contributed by atoms with Crippen molar-refractivity contribution in [1.82, 2.24) is 4.57 Å². The van der Waals surface area contributed by atoms with Crippen LogP contribution in [0.3, 0.4) is 0 Å². The van der Waals surface area contributed by atoms with Gasteiger partial charge in [0.15, 0.2) is 0 Å². The molecule has 0 spiro atoms. The summed E-state index contributed by atoms with van der Waals surface area (Å²) in [5, 5.41) is 0.755. The van der Waals surface area contributed by atoms with E-state index in [9.17, 15) is 22.8 Å². The predicted octanol–water partition coefficient (Wildman–Crippen LogP) is 5.55. The Hall–Kier alpha value is -3.29. The van der Waals surface area contributed by atoms with E-state index in [2.05, 4.69) is 25.5 Å². The largest absolute Gasteiger partial charge is 0.573 e. The lowest BCUT2D eigenvalue weighted by atomic mass is 9.86. The van der Waals surface area contributed by atoms with Crippen LogP contribution in [-0.4, -0.2) is 29.9 Å². The first kappa shape index (κ1) is 23.4. The molecule has 1 aromatic heterocycles. The molecule has 1 heterocycles. The molecule has 0 amide bonds. The maximum absolute atomic E-state index is 13.3. The van der Waals surface area contributed by atoms with E-state index in [1.165, 1.54) is 23.8 Å². The van der Waals surface area contributed by atoms with Crippen molar-refractivity contribution in [2.24, 2.45) is 0 Å². The number of hydrogen-bond donors (Lipinski definition) is 0. The number of methoxy groups -OCH3 is 1. The van der Waals surface area contributed by atoms with Gasteiger partial charge in [-0.3, -0.25) is 14.2 Å². The minimum Gasteiger partial charge on any atom is -0.469 e. The fourth-order valence-electron chi connectivity index (χ4n) is 3.58. The molecule has 0 aliphatic heterocycles. The average molecular weight is 447 g/mol. The van der Waals surface area contributed by atoms with E-state index in [1.54, 1.807) is 6.92 Å². The van der Waals surface area contributed by atoms with Crippen molar-refractivity contribution in [1.29, 1.82) is 0 Å². The fraction of sp³-hybridized carbons (Fsp3) is 0.333. The summed E-state index contributed by atoms with van der Waals surface area (Å²) in [5.41, 5.74) is 2.92. The Morgan fingerprint density at radius 1 is 1.00 bits per heavy atom. The summed E-state index contributed by atoms with van der Waals surface area (Å²) >= 11 is 0. The molecule has 0 atom stereocenters. The van der Waals surface area contributed by atoms with Gasteiger partial charge in [0.25, 0.3) is 5.91 Å². The van der Waals surface area contributed by atoms with E-state index in [1.807, 2.05) is 18.2 Å². The lowest BCUT2D eigenvalue weighted by Gasteiger charge is -2.19. The number of fused-ring (bicyclic) bond motifs is 1. The Labute approximate surface area is 183 Å². The van der Waals surface area contributed by atoms with Gasteiger partial charge in [-0.15, -0.1) is 13.2 Å². The highest BCUT2D eigenvalue weighted by Gasteiger charge is 2.31. The number of ether oxygens (including phenoxy) is 2. The van der Waals surface area contributed by atoms with E-state index in [0.29, 0.717) is 16.8 Å². The van der Waals surface area contributed by atoms with Gasteiger partial charge in [0, 0.05) is 16.6 Å². The smallest absolute Gasteiger partial charge is 0.469 e. The minimum absolute atomic E-state index is 0.00886. The van der Waals surface area contributed by atoms with Crippen molar-refractivity contribution in [2.45, 2.75) is 45.9 Å². The molecule has 0 saturated heterocycles. The second-order valence-electron chi connectivity index (χ2n) is 8.51. The Morgan fingerprint density at radius 3 is 2.16 bits per heavy atom. The summed E-state index contributed by atoms with van der Waals surface area (Å²) in [4.78, 5) is 25.3. The van der Waals surface area contributed by atoms with E-state index < -0.39 is 24.0 Å². The number of benzene rings is 2. The summed E-state index contributed by atoms with van der Waals surface area (Å²) in [6.07, 6.45) is -4.82. The number of hydrogen-bond acceptors (Lipinski definition) is 4. The summed E-state index contributed by atoms with van der Waals surface area (Å²) in [5.74, 6) is -1.27. The molecular weight excluding hydrogens is 423 g/mol. The highest BCUT2D eigenvalue weighted by Crippen LogP contribution is 2.33. The van der Waals surface area contributed by atoms with Crippen molar-refractivity contribution in [3.63, 3.8) is 0 Å². The summed E-state index contributed by atoms with van der Waals surface area (Å²) in [7, 11) is 1.30. The van der Waals surface area contributed by atoms with Crippen LogP contribution in [0.2, 0.25) is 0 Å². The zero-order chi connectivity index (χ0) is 23.8. The lowest BCUT2D eigenvalue weighted by Crippen LogP contribution is -2.17. The number of carbonyl (C=O) groups is 2. The first-order chi connectivity index (χ1) is 14.8. The van der Waals surface area contributed by atoms with Gasteiger partial charge in [0.1, 0.15) is 5.75 Å². The molecule has 2 aromatic carbocycles. The monoisotopic (exact) mass is 447 g/mol. The number of esters is 1. The Bertz CT molecular complexity index is 1170. The van der Waals surface area contributed by atoms with Crippen LogP contribution < -0.4 is 4.74 Å². The van der Waals surface area contributed by atoms with Gasteiger partial charge in [0.05, 0.1) is 19.0 Å². The zero-order valence-electron chi connectivity index (χ0n) is 18.5. The second-order valence-corrected chi connectivity index (χ2v) is 8.51. The Kier molecular flexibility index (Phi) is 6.09.